The summed E-state index contributed by atoms with van der Waals surface area (Å²) in [5, 5.41) is 33.4. The minimum Gasteiger partial charge on any atom is -0.394 e. The van der Waals surface area contributed by atoms with Crippen LogP contribution in [0.1, 0.15) is 6.92 Å². The smallest absolute Gasteiger partial charge is 0.243 e. The molecule has 0 bridgehead atoms. The predicted octanol–water partition coefficient (Wildman–Crippen LogP) is -2.98. The average molecular weight is 308 g/mol. The summed E-state index contributed by atoms with van der Waals surface area (Å²) in [6.07, 6.45) is -3.44. The Labute approximate surface area is 121 Å². The van der Waals surface area contributed by atoms with E-state index in [9.17, 15) is 19.8 Å². The van der Waals surface area contributed by atoms with E-state index in [4.69, 9.17) is 9.84 Å². The molecule has 9 heteroatoms. The average Bonchev–Trinajstić information content (AvgIpc) is 2.41. The highest BCUT2D eigenvalue weighted by Gasteiger charge is 2.39. The molecule has 20 heavy (non-hydrogen) atoms. The maximum absolute atomic E-state index is 11.9. The van der Waals surface area contributed by atoms with Gasteiger partial charge in [-0.25, -0.2) is 0 Å². The number of hydrogen-bond donors (Lipinski definition) is 6. The molecule has 1 heterocycles. The Bertz CT molecular complexity index is 356. The molecule has 5 atom stereocenters. The molecule has 0 spiro atoms. The molecule has 8 nitrogen and oxygen atoms in total. The summed E-state index contributed by atoms with van der Waals surface area (Å²) in [4.78, 5) is 22.8. The van der Waals surface area contributed by atoms with Gasteiger partial charge in [0.15, 0.2) is 0 Å². The van der Waals surface area contributed by atoms with Crippen molar-refractivity contribution in [1.29, 1.82) is 0 Å². The van der Waals surface area contributed by atoms with Gasteiger partial charge in [0.2, 0.25) is 11.8 Å². The Morgan fingerprint density at radius 1 is 1.40 bits per heavy atom. The van der Waals surface area contributed by atoms with Crippen LogP contribution < -0.4 is 10.6 Å². The predicted molar refractivity (Wildman–Crippen MR) is 72.2 cm³/mol. The third-order valence-electron chi connectivity index (χ3n) is 3.02. The topological polar surface area (TPSA) is 128 Å². The SMILES string of the molecule is CC(=O)N[C@@H](CS)C(=O)N[C@H]1CO[C@H](CO)[C@@H](O)[C@@H]1O. The van der Waals surface area contributed by atoms with Gasteiger partial charge in [0.05, 0.1) is 19.3 Å². The molecule has 0 aromatic heterocycles. The summed E-state index contributed by atoms with van der Waals surface area (Å²) in [6, 6.07) is -1.66. The summed E-state index contributed by atoms with van der Waals surface area (Å²) in [5.41, 5.74) is 0. The van der Waals surface area contributed by atoms with E-state index < -0.39 is 42.9 Å². The Kier molecular flexibility index (Phi) is 6.69. The van der Waals surface area contributed by atoms with Crippen LogP contribution in [-0.2, 0) is 14.3 Å². The fourth-order valence-corrected chi connectivity index (χ4v) is 2.15. The standard InChI is InChI=1S/C11H20N2O6S/c1-5(15)12-7(4-20)11(18)13-6-3-19-8(2-14)10(17)9(6)16/h6-10,14,16-17,20H,2-4H2,1H3,(H,12,15)(H,13,18)/t6-,7-,8+,9+,10+/m0/s1. The number of carbonyl (C=O) groups excluding carboxylic acids is 2. The maximum atomic E-state index is 11.9. The van der Waals surface area contributed by atoms with Gasteiger partial charge in [0.1, 0.15) is 24.4 Å². The molecule has 1 saturated heterocycles. The molecule has 0 radical (unpaired) electrons. The van der Waals surface area contributed by atoms with Crippen molar-refractivity contribution in [3.63, 3.8) is 0 Å². The highest BCUT2D eigenvalue weighted by Crippen LogP contribution is 2.15. The van der Waals surface area contributed by atoms with Crippen LogP contribution in [0.5, 0.6) is 0 Å². The van der Waals surface area contributed by atoms with Crippen molar-refractivity contribution in [3.8, 4) is 0 Å². The molecule has 5 N–H and O–H groups in total. The number of rotatable bonds is 5. The van der Waals surface area contributed by atoms with Gasteiger partial charge in [-0.15, -0.1) is 0 Å². The molecule has 1 aliphatic heterocycles. The third kappa shape index (κ3) is 4.32. The van der Waals surface area contributed by atoms with Crippen LogP contribution in [0.4, 0.5) is 0 Å². The molecule has 0 aromatic rings. The minimum absolute atomic E-state index is 0.0471. The van der Waals surface area contributed by atoms with Crippen molar-refractivity contribution in [2.45, 2.75) is 37.3 Å². The third-order valence-corrected chi connectivity index (χ3v) is 3.38. The Hall–Kier alpha value is -0.870. The van der Waals surface area contributed by atoms with Crippen LogP contribution in [0.15, 0.2) is 0 Å². The Morgan fingerprint density at radius 2 is 2.05 bits per heavy atom. The van der Waals surface area contributed by atoms with Crippen LogP contribution in [0.3, 0.4) is 0 Å². The summed E-state index contributed by atoms with van der Waals surface area (Å²) in [7, 11) is 0. The van der Waals surface area contributed by atoms with E-state index in [0.717, 1.165) is 0 Å². The summed E-state index contributed by atoms with van der Waals surface area (Å²) < 4.78 is 5.14. The highest BCUT2D eigenvalue weighted by atomic mass is 32.1. The number of hydrogen-bond acceptors (Lipinski definition) is 7. The van der Waals surface area contributed by atoms with Gasteiger partial charge in [-0.1, -0.05) is 0 Å². The Balaban J connectivity index is 2.59. The number of ether oxygens (including phenoxy) is 1. The van der Waals surface area contributed by atoms with Gasteiger partial charge in [0, 0.05) is 12.7 Å². The second-order valence-corrected chi connectivity index (χ2v) is 4.95. The van der Waals surface area contributed by atoms with Gasteiger partial charge >= 0.3 is 0 Å². The second kappa shape index (κ2) is 7.79. The van der Waals surface area contributed by atoms with Crippen molar-refractivity contribution >= 4 is 24.4 Å². The molecule has 0 unspecified atom stereocenters. The van der Waals surface area contributed by atoms with Crippen molar-refractivity contribution in [3.05, 3.63) is 0 Å². The molecule has 116 valence electrons. The molecule has 1 aliphatic rings. The van der Waals surface area contributed by atoms with Crippen LogP contribution >= 0.6 is 12.6 Å². The van der Waals surface area contributed by atoms with E-state index in [1.807, 2.05) is 0 Å². The molecule has 0 aliphatic carbocycles. The molecule has 0 aromatic carbocycles. The number of amides is 2. The maximum Gasteiger partial charge on any atom is 0.243 e. The van der Waals surface area contributed by atoms with Gasteiger partial charge < -0.3 is 30.7 Å². The van der Waals surface area contributed by atoms with E-state index in [0.29, 0.717) is 0 Å². The van der Waals surface area contributed by atoms with Crippen LogP contribution in [0.25, 0.3) is 0 Å². The fourth-order valence-electron chi connectivity index (χ4n) is 1.89. The van der Waals surface area contributed by atoms with E-state index in [2.05, 4.69) is 23.3 Å². The number of thiol groups is 1. The lowest BCUT2D eigenvalue weighted by atomic mass is 9.98. The van der Waals surface area contributed by atoms with E-state index in [1.54, 1.807) is 0 Å². The summed E-state index contributed by atoms with van der Waals surface area (Å²) in [6.45, 7) is 0.802. The number of carbonyl (C=O) groups is 2. The van der Waals surface area contributed by atoms with E-state index in [-0.39, 0.29) is 18.3 Å². The fraction of sp³-hybridized carbons (Fsp3) is 0.818. The zero-order valence-electron chi connectivity index (χ0n) is 11.0. The van der Waals surface area contributed by atoms with Crippen molar-refractivity contribution in [2.24, 2.45) is 0 Å². The summed E-state index contributed by atoms with van der Waals surface area (Å²) in [5.74, 6) is -0.811. The zero-order chi connectivity index (χ0) is 15.3. The van der Waals surface area contributed by atoms with Crippen LogP contribution in [0, 0.1) is 0 Å². The van der Waals surface area contributed by atoms with Gasteiger partial charge in [-0.3, -0.25) is 9.59 Å². The first-order valence-electron chi connectivity index (χ1n) is 6.17. The van der Waals surface area contributed by atoms with Crippen molar-refractivity contribution in [2.75, 3.05) is 19.0 Å². The number of aliphatic hydroxyl groups is 3. The number of nitrogens with one attached hydrogen (secondary N) is 2. The molecular formula is C11H20N2O6S. The normalized spacial score (nSPS) is 31.4. The van der Waals surface area contributed by atoms with Crippen molar-refractivity contribution < 1.29 is 29.6 Å². The first-order valence-corrected chi connectivity index (χ1v) is 6.80. The summed E-state index contributed by atoms with van der Waals surface area (Å²) >= 11 is 3.97. The van der Waals surface area contributed by atoms with Gasteiger partial charge in [-0.05, 0) is 0 Å². The van der Waals surface area contributed by atoms with E-state index >= 15 is 0 Å². The first kappa shape index (κ1) is 17.2. The van der Waals surface area contributed by atoms with Crippen LogP contribution in [-0.4, -0.2) is 76.5 Å². The first-order chi connectivity index (χ1) is 9.40. The molecular weight excluding hydrogens is 288 g/mol. The minimum atomic E-state index is -1.30. The molecule has 1 rings (SSSR count). The highest BCUT2D eigenvalue weighted by molar-refractivity contribution is 7.80. The number of aliphatic hydroxyl groups excluding tert-OH is 3. The quantitative estimate of drug-likeness (QED) is 0.301. The molecule has 1 fully saturated rings. The lowest BCUT2D eigenvalue weighted by Crippen LogP contribution is -2.62. The van der Waals surface area contributed by atoms with Gasteiger partial charge in [-0.2, -0.15) is 12.6 Å². The Morgan fingerprint density at radius 3 is 2.55 bits per heavy atom. The van der Waals surface area contributed by atoms with Crippen molar-refractivity contribution in [1.82, 2.24) is 10.6 Å². The monoisotopic (exact) mass is 308 g/mol. The lowest BCUT2D eigenvalue weighted by Gasteiger charge is -2.37. The lowest BCUT2D eigenvalue weighted by molar-refractivity contribution is -0.165. The van der Waals surface area contributed by atoms with Crippen LogP contribution in [0.2, 0.25) is 0 Å². The molecule has 2 amide bonds. The van der Waals surface area contributed by atoms with E-state index in [1.165, 1.54) is 6.92 Å². The molecule has 0 saturated carbocycles. The van der Waals surface area contributed by atoms with Gasteiger partial charge in [0.25, 0.3) is 0 Å². The zero-order valence-corrected chi connectivity index (χ0v) is 11.9. The largest absolute Gasteiger partial charge is 0.394 e. The second-order valence-electron chi connectivity index (χ2n) is 4.59.